The van der Waals surface area contributed by atoms with Crippen LogP contribution in [0.1, 0.15) is 17.3 Å². The average molecular weight is 348 g/mol. The van der Waals surface area contributed by atoms with Gasteiger partial charge in [-0.1, -0.05) is 0 Å². The minimum absolute atomic E-state index is 0.160. The zero-order chi connectivity index (χ0) is 18.6. The highest BCUT2D eigenvalue weighted by Crippen LogP contribution is 2.32. The third-order valence-corrected chi connectivity index (χ3v) is 4.09. The normalized spacial score (nSPS) is 11.0. The summed E-state index contributed by atoms with van der Waals surface area (Å²) >= 11 is 0. The van der Waals surface area contributed by atoms with Crippen LogP contribution in [0.4, 0.5) is 0 Å². The van der Waals surface area contributed by atoms with Crippen LogP contribution in [0, 0.1) is 0 Å². The summed E-state index contributed by atoms with van der Waals surface area (Å²) in [5.74, 6) is 0.736. The van der Waals surface area contributed by atoms with Crippen molar-refractivity contribution in [3.05, 3.63) is 34.2 Å². The van der Waals surface area contributed by atoms with E-state index in [9.17, 15) is 9.59 Å². The van der Waals surface area contributed by atoms with Crippen LogP contribution in [0.2, 0.25) is 0 Å². The number of likely N-dealkylation sites (N-methyl/N-ethyl adjacent to an activating group) is 1. The fourth-order valence-electron chi connectivity index (χ4n) is 2.65. The van der Waals surface area contributed by atoms with Gasteiger partial charge in [0, 0.05) is 18.1 Å². The van der Waals surface area contributed by atoms with Gasteiger partial charge in [0.05, 0.1) is 52.4 Å². The number of carbonyl (C=O) groups is 1. The molecule has 2 N–H and O–H groups in total. The number of hydrogen-bond acceptors (Lipinski definition) is 4. The first-order valence-corrected chi connectivity index (χ1v) is 8.29. The van der Waals surface area contributed by atoms with Crippen molar-refractivity contribution in [2.24, 2.45) is 0 Å². The molecule has 2 rings (SSSR count). The molecule has 1 aromatic carbocycles. The summed E-state index contributed by atoms with van der Waals surface area (Å²) in [5.41, 5.74) is 0.291. The molecule has 1 heterocycles. The Labute approximate surface area is 147 Å². The molecule has 0 bridgehead atoms. The molecule has 0 saturated heterocycles. The fraction of sp³-hybridized carbons (Fsp3) is 0.444. The van der Waals surface area contributed by atoms with Gasteiger partial charge in [-0.15, -0.1) is 0 Å². The van der Waals surface area contributed by atoms with Crippen molar-refractivity contribution in [3.63, 3.8) is 0 Å². The first kappa shape index (κ1) is 18.8. The van der Waals surface area contributed by atoms with Gasteiger partial charge in [-0.05, 0) is 19.1 Å². The molecule has 0 aliphatic heterocycles. The molecule has 0 radical (unpaired) electrons. The van der Waals surface area contributed by atoms with Crippen molar-refractivity contribution in [1.82, 2.24) is 9.88 Å². The van der Waals surface area contributed by atoms with E-state index in [1.54, 1.807) is 18.3 Å². The molecule has 0 unspecified atom stereocenters. The molecule has 0 spiro atoms. The molecule has 0 saturated carbocycles. The maximum absolute atomic E-state index is 12.7. The summed E-state index contributed by atoms with van der Waals surface area (Å²) in [6, 6.07) is 3.31. The van der Waals surface area contributed by atoms with Crippen LogP contribution in [-0.2, 0) is 6.54 Å². The molecule has 0 aliphatic rings. The van der Waals surface area contributed by atoms with Gasteiger partial charge >= 0.3 is 0 Å². The van der Waals surface area contributed by atoms with Crippen LogP contribution >= 0.6 is 0 Å². The Morgan fingerprint density at radius 3 is 2.28 bits per heavy atom. The lowest BCUT2D eigenvalue weighted by Gasteiger charge is -2.14. The van der Waals surface area contributed by atoms with Crippen LogP contribution < -0.4 is 25.2 Å². The smallest absolute Gasteiger partial charge is 0.258 e. The maximum Gasteiger partial charge on any atom is 0.258 e. The van der Waals surface area contributed by atoms with Gasteiger partial charge in [0.25, 0.3) is 11.5 Å². The zero-order valence-corrected chi connectivity index (χ0v) is 15.4. The number of quaternary nitrogens is 1. The minimum Gasteiger partial charge on any atom is -0.493 e. The molecular weight excluding hydrogens is 322 g/mol. The van der Waals surface area contributed by atoms with Gasteiger partial charge in [0.15, 0.2) is 11.5 Å². The lowest BCUT2D eigenvalue weighted by Crippen LogP contribution is -3.06. The predicted octanol–water partition coefficient (Wildman–Crippen LogP) is -0.0871. The zero-order valence-electron chi connectivity index (χ0n) is 15.4. The van der Waals surface area contributed by atoms with E-state index in [-0.39, 0.29) is 11.5 Å². The average Bonchev–Trinajstić information content (AvgIpc) is 2.60. The molecule has 7 nitrogen and oxygen atoms in total. The number of amides is 1. The van der Waals surface area contributed by atoms with Gasteiger partial charge in [-0.25, -0.2) is 0 Å². The van der Waals surface area contributed by atoms with Crippen molar-refractivity contribution in [2.75, 3.05) is 41.4 Å². The number of fused-ring (bicyclic) bond motifs is 1. The molecule has 25 heavy (non-hydrogen) atoms. The van der Waals surface area contributed by atoms with E-state index in [2.05, 4.69) is 5.32 Å². The van der Waals surface area contributed by atoms with Crippen molar-refractivity contribution in [3.8, 4) is 11.5 Å². The van der Waals surface area contributed by atoms with Crippen LogP contribution in [0.3, 0.4) is 0 Å². The maximum atomic E-state index is 12.7. The second kappa shape index (κ2) is 8.02. The van der Waals surface area contributed by atoms with Crippen LogP contribution in [-0.4, -0.2) is 51.9 Å². The molecule has 0 aliphatic carbocycles. The van der Waals surface area contributed by atoms with Crippen molar-refractivity contribution < 1.29 is 19.2 Å². The number of rotatable bonds is 7. The first-order chi connectivity index (χ1) is 11.9. The van der Waals surface area contributed by atoms with E-state index >= 15 is 0 Å². The van der Waals surface area contributed by atoms with E-state index in [1.807, 2.05) is 21.0 Å². The number of ether oxygens (including phenoxy) is 2. The summed E-state index contributed by atoms with van der Waals surface area (Å²) in [5, 5.41) is 3.91. The van der Waals surface area contributed by atoms with E-state index in [1.165, 1.54) is 23.7 Å². The molecule has 1 aromatic heterocycles. The molecule has 0 fully saturated rings. The van der Waals surface area contributed by atoms with Crippen molar-refractivity contribution in [1.29, 1.82) is 0 Å². The van der Waals surface area contributed by atoms with Crippen LogP contribution in [0.15, 0.2) is 23.1 Å². The Kier molecular flexibility index (Phi) is 6.03. The van der Waals surface area contributed by atoms with E-state index in [0.29, 0.717) is 40.9 Å². The lowest BCUT2D eigenvalue weighted by atomic mass is 10.1. The van der Waals surface area contributed by atoms with Crippen LogP contribution in [0.5, 0.6) is 11.5 Å². The Balaban J connectivity index is 2.59. The van der Waals surface area contributed by atoms with E-state index < -0.39 is 0 Å². The molecular formula is C18H26N3O4+. The van der Waals surface area contributed by atoms with Crippen LogP contribution in [0.25, 0.3) is 10.8 Å². The fourth-order valence-corrected chi connectivity index (χ4v) is 2.65. The van der Waals surface area contributed by atoms with Gasteiger partial charge < -0.3 is 24.3 Å². The van der Waals surface area contributed by atoms with Gasteiger partial charge in [-0.2, -0.15) is 0 Å². The Morgan fingerprint density at radius 2 is 1.76 bits per heavy atom. The molecule has 136 valence electrons. The van der Waals surface area contributed by atoms with Crippen molar-refractivity contribution >= 4 is 16.7 Å². The van der Waals surface area contributed by atoms with E-state index in [0.717, 1.165) is 6.54 Å². The Hall–Kier alpha value is -2.54. The SMILES string of the molecule is CCn1cc(C(=O)NCC[NH+](C)C)c2cc(OC)c(OC)cc2c1=O. The molecule has 7 heteroatoms. The topological polar surface area (TPSA) is 74.0 Å². The molecule has 0 atom stereocenters. The quantitative estimate of drug-likeness (QED) is 0.734. The summed E-state index contributed by atoms with van der Waals surface area (Å²) in [7, 11) is 7.09. The summed E-state index contributed by atoms with van der Waals surface area (Å²) < 4.78 is 12.1. The number of hydrogen-bond donors (Lipinski definition) is 2. The number of aryl methyl sites for hydroxylation is 1. The third kappa shape index (κ3) is 3.93. The second-order valence-electron chi connectivity index (χ2n) is 6.10. The highest BCUT2D eigenvalue weighted by atomic mass is 16.5. The van der Waals surface area contributed by atoms with Gasteiger partial charge in [0.2, 0.25) is 0 Å². The number of benzene rings is 1. The number of aromatic nitrogens is 1. The predicted molar refractivity (Wildman–Crippen MR) is 97.0 cm³/mol. The number of carbonyl (C=O) groups excluding carboxylic acids is 1. The summed E-state index contributed by atoms with van der Waals surface area (Å²) in [6.07, 6.45) is 1.61. The summed E-state index contributed by atoms with van der Waals surface area (Å²) in [4.78, 5) is 26.5. The standard InChI is InChI=1S/C18H25N3O4/c1-6-21-11-14(17(22)19-7-8-20(2)3)12-9-15(24-4)16(25-5)10-13(12)18(21)23/h9-11H,6-8H2,1-5H3,(H,19,22)/p+1. The number of nitrogens with one attached hydrogen (secondary N) is 2. The first-order valence-electron chi connectivity index (χ1n) is 8.29. The number of methoxy groups -OCH3 is 2. The van der Waals surface area contributed by atoms with Gasteiger partial charge in [0.1, 0.15) is 0 Å². The summed E-state index contributed by atoms with van der Waals surface area (Å²) in [6.45, 7) is 3.71. The second-order valence-corrected chi connectivity index (χ2v) is 6.10. The third-order valence-electron chi connectivity index (χ3n) is 4.09. The molecule has 2 aromatic rings. The van der Waals surface area contributed by atoms with E-state index in [4.69, 9.17) is 9.47 Å². The number of nitrogens with zero attached hydrogens (tertiary/aromatic N) is 1. The number of pyridine rings is 1. The Bertz CT molecular complexity index is 827. The Morgan fingerprint density at radius 1 is 1.16 bits per heavy atom. The van der Waals surface area contributed by atoms with Crippen molar-refractivity contribution in [2.45, 2.75) is 13.5 Å². The van der Waals surface area contributed by atoms with Gasteiger partial charge in [-0.3, -0.25) is 9.59 Å². The molecule has 1 amide bonds. The minimum atomic E-state index is -0.208. The highest BCUT2D eigenvalue weighted by Gasteiger charge is 2.18. The highest BCUT2D eigenvalue weighted by molar-refractivity contribution is 6.07. The largest absolute Gasteiger partial charge is 0.493 e. The monoisotopic (exact) mass is 348 g/mol. The lowest BCUT2D eigenvalue weighted by molar-refractivity contribution is -0.856.